The van der Waals surface area contributed by atoms with Gasteiger partial charge in [-0.1, -0.05) is 0 Å². The molecule has 1 aliphatic rings. The number of likely N-dealkylation sites (N-methyl/N-ethyl adjacent to an activating group) is 1. The number of hydrogen-bond donors (Lipinski definition) is 0. The summed E-state index contributed by atoms with van der Waals surface area (Å²) in [6.07, 6.45) is 2.47. The van der Waals surface area contributed by atoms with E-state index in [1.165, 1.54) is 19.4 Å². The molecule has 82 valence electrons. The van der Waals surface area contributed by atoms with Gasteiger partial charge >= 0.3 is 5.29 Å². The van der Waals surface area contributed by atoms with Crippen LogP contribution < -0.4 is 0 Å². The molecule has 3 nitrogen and oxygen atoms in total. The molecule has 0 N–H and O–H groups in total. The van der Waals surface area contributed by atoms with E-state index in [0.717, 1.165) is 24.9 Å². The monoisotopic (exact) mass is 218 g/mol. The van der Waals surface area contributed by atoms with Gasteiger partial charge in [0, 0.05) is 11.6 Å². The first-order valence-corrected chi connectivity index (χ1v) is 5.62. The minimum Gasteiger partial charge on any atom is -0.309 e. The van der Waals surface area contributed by atoms with Crippen LogP contribution in [0, 0.1) is 0 Å². The molecule has 0 aliphatic carbocycles. The molecule has 0 aromatic carbocycles. The standard InChI is InChI=1S/C10H21ClN3/c1-12(2)6-4-5-7-14-9-8-13(3)10(14)11/h4-9H2,1-3H3/q+1. The van der Waals surface area contributed by atoms with E-state index in [4.69, 9.17) is 11.6 Å². The third-order valence-corrected chi connectivity index (χ3v) is 3.09. The zero-order chi connectivity index (χ0) is 10.6. The highest BCUT2D eigenvalue weighted by atomic mass is 35.5. The van der Waals surface area contributed by atoms with Crippen molar-refractivity contribution >= 4 is 16.9 Å². The molecule has 0 saturated carbocycles. The largest absolute Gasteiger partial charge is 0.345 e. The highest BCUT2D eigenvalue weighted by Crippen LogP contribution is 2.06. The van der Waals surface area contributed by atoms with Crippen molar-refractivity contribution in [1.82, 2.24) is 9.80 Å². The number of hydrogen-bond acceptors (Lipinski definition) is 2. The Morgan fingerprint density at radius 2 is 2.14 bits per heavy atom. The lowest BCUT2D eigenvalue weighted by molar-refractivity contribution is -0.484. The lowest BCUT2D eigenvalue weighted by Crippen LogP contribution is -2.26. The fourth-order valence-corrected chi connectivity index (χ4v) is 1.88. The van der Waals surface area contributed by atoms with Gasteiger partial charge in [0.25, 0.3) is 0 Å². The van der Waals surface area contributed by atoms with Crippen LogP contribution in [0.15, 0.2) is 0 Å². The van der Waals surface area contributed by atoms with Gasteiger partial charge in [0.15, 0.2) is 0 Å². The van der Waals surface area contributed by atoms with Crippen LogP contribution in [0.3, 0.4) is 0 Å². The van der Waals surface area contributed by atoms with Crippen LogP contribution in [-0.4, -0.2) is 67.0 Å². The summed E-state index contributed by atoms with van der Waals surface area (Å²) in [7, 11) is 6.27. The molecule has 14 heavy (non-hydrogen) atoms. The van der Waals surface area contributed by atoms with Crippen LogP contribution in [0.2, 0.25) is 0 Å². The molecule has 0 aromatic rings. The normalized spacial score (nSPS) is 17.4. The third-order valence-electron chi connectivity index (χ3n) is 2.56. The maximum absolute atomic E-state index is 6.13. The third kappa shape index (κ3) is 3.46. The molecule has 0 unspecified atom stereocenters. The van der Waals surface area contributed by atoms with Crippen LogP contribution in [-0.2, 0) is 0 Å². The summed E-state index contributed by atoms with van der Waals surface area (Å²) in [5.41, 5.74) is 0. The van der Waals surface area contributed by atoms with Crippen LogP contribution in [0.1, 0.15) is 12.8 Å². The molecular weight excluding hydrogens is 198 g/mol. The molecular formula is C10H21ClN3+. The van der Waals surface area contributed by atoms with Crippen molar-refractivity contribution in [3.05, 3.63) is 0 Å². The number of amidine groups is 1. The van der Waals surface area contributed by atoms with Crippen molar-refractivity contribution in [2.45, 2.75) is 12.8 Å². The van der Waals surface area contributed by atoms with Gasteiger partial charge in [-0.05, 0) is 33.5 Å². The van der Waals surface area contributed by atoms with Gasteiger partial charge in [-0.2, -0.15) is 0 Å². The fraction of sp³-hybridized carbons (Fsp3) is 0.900. The summed E-state index contributed by atoms with van der Waals surface area (Å²) in [6.45, 7) is 4.40. The zero-order valence-corrected chi connectivity index (χ0v) is 10.2. The van der Waals surface area contributed by atoms with E-state index in [2.05, 4.69) is 28.5 Å². The molecule has 4 heteroatoms. The van der Waals surface area contributed by atoms with Crippen molar-refractivity contribution in [3.8, 4) is 0 Å². The second-order valence-corrected chi connectivity index (χ2v) is 4.53. The average Bonchev–Trinajstić information content (AvgIpc) is 2.43. The van der Waals surface area contributed by atoms with Gasteiger partial charge in [-0.3, -0.25) is 4.58 Å². The van der Waals surface area contributed by atoms with Crippen molar-refractivity contribution in [2.24, 2.45) is 0 Å². The molecule has 0 aromatic heterocycles. The molecule has 0 bridgehead atoms. The Labute approximate surface area is 91.9 Å². The number of halogens is 1. The maximum atomic E-state index is 6.13. The predicted octanol–water partition coefficient (Wildman–Crippen LogP) is 0.881. The second-order valence-electron chi connectivity index (χ2n) is 4.19. The molecule has 0 spiro atoms. The number of rotatable bonds is 5. The van der Waals surface area contributed by atoms with Crippen LogP contribution >= 0.6 is 11.6 Å². The second kappa shape index (κ2) is 5.56. The molecule has 0 fully saturated rings. The van der Waals surface area contributed by atoms with Gasteiger partial charge in [0.2, 0.25) is 0 Å². The molecule has 0 radical (unpaired) electrons. The predicted molar refractivity (Wildman–Crippen MR) is 61.3 cm³/mol. The maximum Gasteiger partial charge on any atom is 0.345 e. The minimum atomic E-state index is 0.912. The van der Waals surface area contributed by atoms with Crippen molar-refractivity contribution < 1.29 is 4.58 Å². The first kappa shape index (κ1) is 11.8. The van der Waals surface area contributed by atoms with Crippen LogP contribution in [0.4, 0.5) is 0 Å². The summed E-state index contributed by atoms with van der Waals surface area (Å²) >= 11 is 6.13. The first-order valence-electron chi connectivity index (χ1n) is 5.24. The van der Waals surface area contributed by atoms with Gasteiger partial charge in [-0.25, -0.2) is 4.90 Å². The lowest BCUT2D eigenvalue weighted by atomic mass is 10.3. The molecule has 0 saturated heterocycles. The number of nitrogens with zero attached hydrogens (tertiary/aromatic N) is 3. The van der Waals surface area contributed by atoms with Crippen molar-refractivity contribution in [1.29, 1.82) is 0 Å². The smallest absolute Gasteiger partial charge is 0.309 e. The molecule has 1 aliphatic heterocycles. The molecule has 0 atom stereocenters. The van der Waals surface area contributed by atoms with Crippen LogP contribution in [0.5, 0.6) is 0 Å². The molecule has 1 rings (SSSR count). The van der Waals surface area contributed by atoms with E-state index in [1.54, 1.807) is 0 Å². The Kier molecular flexibility index (Phi) is 4.69. The van der Waals surface area contributed by atoms with E-state index in [9.17, 15) is 0 Å². The van der Waals surface area contributed by atoms with Crippen molar-refractivity contribution in [2.75, 3.05) is 47.3 Å². The summed E-state index contributed by atoms with van der Waals surface area (Å²) in [5, 5.41) is 0.912. The summed E-state index contributed by atoms with van der Waals surface area (Å²) in [4.78, 5) is 4.48. The topological polar surface area (TPSA) is 9.49 Å². The molecule has 1 heterocycles. The average molecular weight is 219 g/mol. The Hall–Kier alpha value is -0.280. The fourth-order valence-electron chi connectivity index (χ4n) is 1.63. The number of unbranched alkanes of at least 4 members (excludes halogenated alkanes) is 1. The Morgan fingerprint density at radius 3 is 2.64 bits per heavy atom. The van der Waals surface area contributed by atoms with Gasteiger partial charge in [-0.15, -0.1) is 0 Å². The van der Waals surface area contributed by atoms with E-state index >= 15 is 0 Å². The quantitative estimate of drug-likeness (QED) is 0.385. The Balaban J connectivity index is 2.14. The highest BCUT2D eigenvalue weighted by Gasteiger charge is 2.25. The molecule has 0 amide bonds. The van der Waals surface area contributed by atoms with Crippen molar-refractivity contribution in [3.63, 3.8) is 0 Å². The Morgan fingerprint density at radius 1 is 1.43 bits per heavy atom. The lowest BCUT2D eigenvalue weighted by Gasteiger charge is -2.11. The van der Waals surface area contributed by atoms with Gasteiger partial charge in [0.05, 0.1) is 13.6 Å². The SMILES string of the molecule is CN(C)CCCCN1CC[N+](C)=C1Cl. The van der Waals surface area contributed by atoms with E-state index < -0.39 is 0 Å². The van der Waals surface area contributed by atoms with E-state index in [0.29, 0.717) is 0 Å². The van der Waals surface area contributed by atoms with E-state index in [-0.39, 0.29) is 0 Å². The van der Waals surface area contributed by atoms with Gasteiger partial charge in [0.1, 0.15) is 13.1 Å². The van der Waals surface area contributed by atoms with E-state index in [1.807, 2.05) is 7.05 Å². The zero-order valence-electron chi connectivity index (χ0n) is 9.46. The van der Waals surface area contributed by atoms with Crippen LogP contribution in [0.25, 0.3) is 0 Å². The highest BCUT2D eigenvalue weighted by molar-refractivity contribution is 6.63. The van der Waals surface area contributed by atoms with Gasteiger partial charge < -0.3 is 4.90 Å². The Bertz CT molecular complexity index is 213. The summed E-state index contributed by atoms with van der Waals surface area (Å²) < 4.78 is 2.10. The minimum absolute atomic E-state index is 0.912. The summed E-state index contributed by atoms with van der Waals surface area (Å²) in [5.74, 6) is 0. The summed E-state index contributed by atoms with van der Waals surface area (Å²) in [6, 6.07) is 0. The first-order chi connectivity index (χ1) is 6.61.